The molecule has 138 valence electrons. The first kappa shape index (κ1) is 17.5. The number of thiazole rings is 1. The highest BCUT2D eigenvalue weighted by Gasteiger charge is 2.32. The zero-order chi connectivity index (χ0) is 18.9. The second kappa shape index (κ2) is 7.02. The second-order valence-corrected chi connectivity index (χ2v) is 7.28. The fraction of sp³-hybridized carbons (Fsp3) is 0.200. The van der Waals surface area contributed by atoms with Crippen molar-refractivity contribution in [3.05, 3.63) is 65.2 Å². The number of amides is 1. The minimum Gasteiger partial charge on any atom is -0.454 e. The summed E-state index contributed by atoms with van der Waals surface area (Å²) >= 11 is 1.54. The molecule has 7 heteroatoms. The largest absolute Gasteiger partial charge is 0.454 e. The molecular weight excluding hydrogens is 362 g/mol. The van der Waals surface area contributed by atoms with Crippen molar-refractivity contribution in [2.24, 2.45) is 5.73 Å². The molecule has 2 heterocycles. The highest BCUT2D eigenvalue weighted by molar-refractivity contribution is 7.13. The van der Waals surface area contributed by atoms with Crippen LogP contribution in [0.4, 0.5) is 0 Å². The Morgan fingerprint density at radius 2 is 2.00 bits per heavy atom. The lowest BCUT2D eigenvalue weighted by Gasteiger charge is -2.27. The fourth-order valence-corrected chi connectivity index (χ4v) is 3.74. The third-order valence-electron chi connectivity index (χ3n) is 4.64. The molecule has 1 aromatic heterocycles. The number of rotatable bonds is 6. The summed E-state index contributed by atoms with van der Waals surface area (Å²) in [6.07, 6.45) is 0. The summed E-state index contributed by atoms with van der Waals surface area (Å²) in [5.74, 6) is 1.05. The highest BCUT2D eigenvalue weighted by atomic mass is 32.1. The van der Waals surface area contributed by atoms with Crippen LogP contribution in [0.2, 0.25) is 0 Å². The molecular formula is C20H19N3O3S. The molecule has 1 unspecified atom stereocenters. The van der Waals surface area contributed by atoms with Gasteiger partial charge in [-0.15, -0.1) is 11.3 Å². The molecule has 0 spiro atoms. The number of benzene rings is 2. The van der Waals surface area contributed by atoms with Crippen molar-refractivity contribution in [2.75, 3.05) is 6.79 Å². The van der Waals surface area contributed by atoms with E-state index in [1.54, 1.807) is 6.92 Å². The average molecular weight is 381 g/mol. The summed E-state index contributed by atoms with van der Waals surface area (Å²) in [6.45, 7) is 2.46. The number of nitrogens with one attached hydrogen (secondary N) is 1. The highest BCUT2D eigenvalue weighted by Crippen LogP contribution is 2.36. The number of carbonyl (C=O) groups excluding carboxylic acids is 1. The molecule has 1 aliphatic heterocycles. The Balaban J connectivity index is 1.51. The Labute approximate surface area is 161 Å². The lowest BCUT2D eigenvalue weighted by molar-refractivity contribution is -0.124. The molecule has 3 N–H and O–H groups in total. The van der Waals surface area contributed by atoms with Crippen LogP contribution < -0.4 is 20.5 Å². The van der Waals surface area contributed by atoms with E-state index in [0.29, 0.717) is 6.54 Å². The molecule has 27 heavy (non-hydrogen) atoms. The Morgan fingerprint density at radius 1 is 1.22 bits per heavy atom. The van der Waals surface area contributed by atoms with Crippen LogP contribution in [0.1, 0.15) is 18.2 Å². The number of nitrogens with zero attached hydrogens (tertiary/aromatic N) is 1. The predicted molar refractivity (Wildman–Crippen MR) is 104 cm³/mol. The van der Waals surface area contributed by atoms with E-state index in [2.05, 4.69) is 10.3 Å². The number of hydrogen-bond donors (Lipinski definition) is 2. The van der Waals surface area contributed by atoms with Gasteiger partial charge in [0.2, 0.25) is 12.7 Å². The first-order valence-corrected chi connectivity index (χ1v) is 9.39. The van der Waals surface area contributed by atoms with Crippen molar-refractivity contribution in [3.8, 4) is 22.1 Å². The van der Waals surface area contributed by atoms with Crippen LogP contribution in [0.5, 0.6) is 11.5 Å². The predicted octanol–water partition coefficient (Wildman–Crippen LogP) is 3.03. The third kappa shape index (κ3) is 3.39. The van der Waals surface area contributed by atoms with E-state index in [1.165, 1.54) is 11.3 Å². The van der Waals surface area contributed by atoms with Crippen molar-refractivity contribution in [1.82, 2.24) is 10.3 Å². The molecule has 4 rings (SSSR count). The van der Waals surface area contributed by atoms with Gasteiger partial charge in [-0.25, -0.2) is 4.98 Å². The summed E-state index contributed by atoms with van der Waals surface area (Å²) in [4.78, 5) is 16.8. The van der Waals surface area contributed by atoms with Crippen LogP contribution in [-0.2, 0) is 16.9 Å². The van der Waals surface area contributed by atoms with E-state index in [-0.39, 0.29) is 6.79 Å². The van der Waals surface area contributed by atoms with Crippen LogP contribution >= 0.6 is 11.3 Å². The number of aromatic nitrogens is 1. The summed E-state index contributed by atoms with van der Waals surface area (Å²) in [7, 11) is 0. The third-order valence-corrected chi connectivity index (χ3v) is 5.58. The number of nitrogens with two attached hydrogens (primary N) is 1. The number of ether oxygens (including phenoxy) is 2. The molecule has 0 aliphatic carbocycles. The topological polar surface area (TPSA) is 86.5 Å². The van der Waals surface area contributed by atoms with E-state index in [1.807, 2.05) is 53.9 Å². The van der Waals surface area contributed by atoms with Crippen molar-refractivity contribution < 1.29 is 14.3 Å². The lowest BCUT2D eigenvalue weighted by Crippen LogP contribution is -2.50. The molecule has 0 fully saturated rings. The van der Waals surface area contributed by atoms with Crippen molar-refractivity contribution in [2.45, 2.75) is 19.0 Å². The van der Waals surface area contributed by atoms with Crippen LogP contribution in [0.25, 0.3) is 10.6 Å². The van der Waals surface area contributed by atoms with Crippen LogP contribution in [0, 0.1) is 0 Å². The number of hydrogen-bond acceptors (Lipinski definition) is 6. The standard InChI is InChI=1S/C20H19N3O3S/c1-20(19(21)24,14-5-3-2-4-6-14)22-10-15-11-27-18(23-15)13-7-8-16-17(9-13)26-12-25-16/h2-9,11,22H,10,12H2,1H3,(H2,21,24). The van der Waals surface area contributed by atoms with Gasteiger partial charge in [0.1, 0.15) is 10.5 Å². The second-order valence-electron chi connectivity index (χ2n) is 6.42. The molecule has 1 amide bonds. The quantitative estimate of drug-likeness (QED) is 0.685. The molecule has 0 saturated carbocycles. The maximum Gasteiger partial charge on any atom is 0.242 e. The van der Waals surface area contributed by atoms with E-state index >= 15 is 0 Å². The number of fused-ring (bicyclic) bond motifs is 1. The summed E-state index contributed by atoms with van der Waals surface area (Å²) in [6, 6.07) is 15.2. The number of carbonyl (C=O) groups is 1. The van der Waals surface area contributed by atoms with E-state index in [9.17, 15) is 4.79 Å². The minimum atomic E-state index is -0.968. The van der Waals surface area contributed by atoms with Gasteiger partial charge in [0.15, 0.2) is 11.5 Å². The molecule has 1 aliphatic rings. The molecule has 0 saturated heterocycles. The Morgan fingerprint density at radius 3 is 2.78 bits per heavy atom. The van der Waals surface area contributed by atoms with E-state index < -0.39 is 11.4 Å². The zero-order valence-corrected chi connectivity index (χ0v) is 15.6. The van der Waals surface area contributed by atoms with Crippen LogP contribution in [0.3, 0.4) is 0 Å². The van der Waals surface area contributed by atoms with Gasteiger partial charge in [0.25, 0.3) is 0 Å². The van der Waals surface area contributed by atoms with Crippen molar-refractivity contribution in [3.63, 3.8) is 0 Å². The summed E-state index contributed by atoms with van der Waals surface area (Å²) in [5, 5.41) is 6.11. The Kier molecular flexibility index (Phi) is 4.55. The van der Waals surface area contributed by atoms with Gasteiger partial charge < -0.3 is 15.2 Å². The van der Waals surface area contributed by atoms with Gasteiger partial charge >= 0.3 is 0 Å². The van der Waals surface area contributed by atoms with Gasteiger partial charge in [0, 0.05) is 17.5 Å². The summed E-state index contributed by atoms with van der Waals surface area (Å²) in [5.41, 5.74) is 7.34. The van der Waals surface area contributed by atoms with Crippen molar-refractivity contribution in [1.29, 1.82) is 0 Å². The molecule has 2 aromatic carbocycles. The maximum atomic E-state index is 12.1. The Hall–Kier alpha value is -2.90. The molecule has 3 aromatic rings. The summed E-state index contributed by atoms with van der Waals surface area (Å²) < 4.78 is 10.8. The lowest BCUT2D eigenvalue weighted by atomic mass is 9.91. The van der Waals surface area contributed by atoms with Gasteiger partial charge in [-0.3, -0.25) is 10.1 Å². The number of primary amides is 1. The first-order valence-electron chi connectivity index (χ1n) is 8.51. The van der Waals surface area contributed by atoms with Crippen molar-refractivity contribution >= 4 is 17.2 Å². The van der Waals surface area contributed by atoms with Gasteiger partial charge in [-0.1, -0.05) is 30.3 Å². The zero-order valence-electron chi connectivity index (χ0n) is 14.8. The Bertz CT molecular complexity index is 974. The SMILES string of the molecule is CC(NCc1csc(-c2ccc3c(c2)OCO3)n1)(C(N)=O)c1ccccc1. The molecule has 6 nitrogen and oxygen atoms in total. The fourth-order valence-electron chi connectivity index (χ4n) is 2.92. The maximum absolute atomic E-state index is 12.1. The smallest absolute Gasteiger partial charge is 0.242 e. The minimum absolute atomic E-state index is 0.247. The van der Waals surface area contributed by atoms with Crippen LogP contribution in [-0.4, -0.2) is 17.7 Å². The van der Waals surface area contributed by atoms with Gasteiger partial charge in [-0.2, -0.15) is 0 Å². The molecule has 0 radical (unpaired) electrons. The normalized spacial score (nSPS) is 14.7. The monoisotopic (exact) mass is 381 g/mol. The molecule has 1 atom stereocenters. The average Bonchev–Trinajstić information content (AvgIpc) is 3.35. The van der Waals surface area contributed by atoms with E-state index in [4.69, 9.17) is 15.2 Å². The first-order chi connectivity index (χ1) is 13.1. The molecule has 0 bridgehead atoms. The van der Waals surface area contributed by atoms with Gasteiger partial charge in [0.05, 0.1) is 5.69 Å². The van der Waals surface area contributed by atoms with Gasteiger partial charge in [-0.05, 0) is 30.7 Å². The van der Waals surface area contributed by atoms with E-state index in [0.717, 1.165) is 33.3 Å². The van der Waals surface area contributed by atoms with Crippen LogP contribution in [0.15, 0.2) is 53.9 Å².